The predicted molar refractivity (Wildman–Crippen MR) is 109 cm³/mol. The fraction of sp³-hybridized carbons (Fsp3) is 0.150. The van der Waals surface area contributed by atoms with Crippen molar-refractivity contribution in [1.82, 2.24) is 14.6 Å². The van der Waals surface area contributed by atoms with Crippen LogP contribution in [0, 0.1) is 0 Å². The molecule has 2 aromatic heterocycles. The van der Waals surface area contributed by atoms with E-state index >= 15 is 0 Å². The Hall–Kier alpha value is -2.70. The van der Waals surface area contributed by atoms with Crippen molar-refractivity contribution in [3.8, 4) is 17.1 Å². The molecule has 0 radical (unpaired) electrons. The fourth-order valence-corrected chi connectivity index (χ4v) is 3.70. The van der Waals surface area contributed by atoms with Crippen molar-refractivity contribution in [1.29, 1.82) is 0 Å². The maximum atomic E-state index is 12.6. The first kappa shape index (κ1) is 17.7. The minimum Gasteiger partial charge on any atom is -0.494 e. The Kier molecular flexibility index (Phi) is 4.92. The molecular weight excluding hydrogens is 382 g/mol. The molecule has 0 unspecified atom stereocenters. The maximum Gasteiger partial charge on any atom is 0.291 e. The molecule has 0 N–H and O–H groups in total. The minimum absolute atomic E-state index is 0.198. The van der Waals surface area contributed by atoms with Gasteiger partial charge in [0.15, 0.2) is 5.82 Å². The molecular formula is C20H16ClN3O2S. The SMILES string of the molecule is CCCOc1ccc(-c2nc3sc(=Cc4ccccc4Cl)c(=O)n3n2)cc1. The highest BCUT2D eigenvalue weighted by Gasteiger charge is 2.12. The van der Waals surface area contributed by atoms with Crippen LogP contribution >= 0.6 is 22.9 Å². The summed E-state index contributed by atoms with van der Waals surface area (Å²) in [5.41, 5.74) is 1.44. The average molecular weight is 398 g/mol. The summed E-state index contributed by atoms with van der Waals surface area (Å²) in [5, 5.41) is 4.97. The van der Waals surface area contributed by atoms with Crippen LogP contribution in [0.4, 0.5) is 0 Å². The van der Waals surface area contributed by atoms with Crippen molar-refractivity contribution in [2.45, 2.75) is 13.3 Å². The molecule has 0 spiro atoms. The number of ether oxygens (including phenoxy) is 1. The van der Waals surface area contributed by atoms with E-state index in [1.807, 2.05) is 42.5 Å². The lowest BCUT2D eigenvalue weighted by atomic mass is 10.2. The summed E-state index contributed by atoms with van der Waals surface area (Å²) in [6.45, 7) is 2.75. The molecule has 0 fully saturated rings. The smallest absolute Gasteiger partial charge is 0.291 e. The molecule has 27 heavy (non-hydrogen) atoms. The molecule has 2 aromatic carbocycles. The molecule has 0 aliphatic rings. The summed E-state index contributed by atoms with van der Waals surface area (Å²) >= 11 is 7.47. The third kappa shape index (κ3) is 3.59. The first-order chi connectivity index (χ1) is 13.2. The fourth-order valence-electron chi connectivity index (χ4n) is 2.61. The van der Waals surface area contributed by atoms with Gasteiger partial charge in [-0.15, -0.1) is 5.10 Å². The molecule has 5 nitrogen and oxygen atoms in total. The van der Waals surface area contributed by atoms with Crippen LogP contribution in [0.15, 0.2) is 53.3 Å². The molecule has 0 atom stereocenters. The number of halogens is 1. The van der Waals surface area contributed by atoms with Crippen LogP contribution in [0.3, 0.4) is 0 Å². The number of thiazole rings is 1. The highest BCUT2D eigenvalue weighted by molar-refractivity contribution is 7.15. The van der Waals surface area contributed by atoms with Gasteiger partial charge in [-0.25, -0.2) is 0 Å². The number of hydrogen-bond acceptors (Lipinski definition) is 5. The van der Waals surface area contributed by atoms with Gasteiger partial charge in [0.1, 0.15) is 5.75 Å². The standard InChI is InChI=1S/C20H16ClN3O2S/c1-2-11-26-15-9-7-13(8-10-15)18-22-20-24(23-18)19(25)17(27-20)12-14-5-3-4-6-16(14)21/h3-10,12H,2,11H2,1H3. The van der Waals surface area contributed by atoms with E-state index < -0.39 is 0 Å². The lowest BCUT2D eigenvalue weighted by Crippen LogP contribution is -2.23. The number of benzene rings is 2. The van der Waals surface area contributed by atoms with Crippen molar-refractivity contribution in [3.05, 3.63) is 74.0 Å². The molecule has 0 bridgehead atoms. The molecule has 0 aliphatic carbocycles. The number of hydrogen-bond donors (Lipinski definition) is 0. The van der Waals surface area contributed by atoms with Gasteiger partial charge in [-0.3, -0.25) is 4.79 Å². The molecule has 7 heteroatoms. The van der Waals surface area contributed by atoms with Crippen LogP contribution in [0.25, 0.3) is 22.4 Å². The molecule has 0 saturated carbocycles. The highest BCUT2D eigenvalue weighted by Crippen LogP contribution is 2.21. The zero-order chi connectivity index (χ0) is 18.8. The molecule has 0 aliphatic heterocycles. The van der Waals surface area contributed by atoms with Gasteiger partial charge >= 0.3 is 0 Å². The summed E-state index contributed by atoms with van der Waals surface area (Å²) in [7, 11) is 0. The van der Waals surface area contributed by atoms with E-state index in [0.29, 0.717) is 26.9 Å². The van der Waals surface area contributed by atoms with Crippen molar-refractivity contribution in [2.24, 2.45) is 0 Å². The van der Waals surface area contributed by atoms with Gasteiger partial charge in [-0.05, 0) is 48.4 Å². The van der Waals surface area contributed by atoms with E-state index in [-0.39, 0.29) is 5.56 Å². The molecule has 4 rings (SSSR count). The Labute approximate surface area is 164 Å². The summed E-state index contributed by atoms with van der Waals surface area (Å²) in [6.07, 6.45) is 2.73. The summed E-state index contributed by atoms with van der Waals surface area (Å²) in [5.74, 6) is 1.33. The van der Waals surface area contributed by atoms with E-state index in [0.717, 1.165) is 23.3 Å². The number of nitrogens with zero attached hydrogens (tertiary/aromatic N) is 3. The summed E-state index contributed by atoms with van der Waals surface area (Å²) in [4.78, 5) is 17.7. The zero-order valence-corrected chi connectivity index (χ0v) is 16.1. The van der Waals surface area contributed by atoms with Crippen LogP contribution in [-0.2, 0) is 0 Å². The number of rotatable bonds is 5. The second kappa shape index (κ2) is 7.50. The largest absolute Gasteiger partial charge is 0.494 e. The Morgan fingerprint density at radius 1 is 1.19 bits per heavy atom. The summed E-state index contributed by atoms with van der Waals surface area (Å²) in [6, 6.07) is 14.9. The topological polar surface area (TPSA) is 56.5 Å². The number of fused-ring (bicyclic) bond motifs is 1. The van der Waals surface area contributed by atoms with Gasteiger partial charge in [0.05, 0.1) is 11.1 Å². The van der Waals surface area contributed by atoms with Crippen LogP contribution in [0.5, 0.6) is 5.75 Å². The van der Waals surface area contributed by atoms with Crippen molar-refractivity contribution < 1.29 is 4.74 Å². The molecule has 136 valence electrons. The van der Waals surface area contributed by atoms with Crippen LogP contribution in [0.1, 0.15) is 18.9 Å². The first-order valence-electron chi connectivity index (χ1n) is 8.55. The Bertz CT molecular complexity index is 1200. The summed E-state index contributed by atoms with van der Waals surface area (Å²) < 4.78 is 7.47. The highest BCUT2D eigenvalue weighted by atomic mass is 35.5. The van der Waals surface area contributed by atoms with E-state index in [9.17, 15) is 4.79 Å². The second-order valence-electron chi connectivity index (χ2n) is 5.94. The minimum atomic E-state index is -0.198. The zero-order valence-electron chi connectivity index (χ0n) is 14.6. The van der Waals surface area contributed by atoms with Crippen molar-refractivity contribution >= 4 is 34.0 Å². The molecule has 0 saturated heterocycles. The van der Waals surface area contributed by atoms with E-state index in [2.05, 4.69) is 17.0 Å². The van der Waals surface area contributed by atoms with Crippen LogP contribution < -0.4 is 14.8 Å². The maximum absolute atomic E-state index is 12.6. The predicted octanol–water partition coefficient (Wildman–Crippen LogP) is 3.81. The molecule has 0 amide bonds. The van der Waals surface area contributed by atoms with Crippen molar-refractivity contribution in [3.63, 3.8) is 0 Å². The Balaban J connectivity index is 1.69. The first-order valence-corrected chi connectivity index (χ1v) is 9.74. The van der Waals surface area contributed by atoms with Gasteiger partial charge in [0.25, 0.3) is 5.56 Å². The van der Waals surface area contributed by atoms with Gasteiger partial charge in [-0.1, -0.05) is 48.1 Å². The van der Waals surface area contributed by atoms with E-state index in [1.165, 1.54) is 15.9 Å². The van der Waals surface area contributed by atoms with Gasteiger partial charge < -0.3 is 4.74 Å². The number of aromatic nitrogens is 3. The monoisotopic (exact) mass is 397 g/mol. The lowest BCUT2D eigenvalue weighted by molar-refractivity contribution is 0.317. The van der Waals surface area contributed by atoms with Gasteiger partial charge in [0.2, 0.25) is 4.96 Å². The molecule has 2 heterocycles. The van der Waals surface area contributed by atoms with E-state index in [4.69, 9.17) is 16.3 Å². The molecule has 4 aromatic rings. The normalized spacial score (nSPS) is 12.0. The van der Waals surface area contributed by atoms with Gasteiger partial charge in [-0.2, -0.15) is 9.50 Å². The Morgan fingerprint density at radius 2 is 1.96 bits per heavy atom. The van der Waals surface area contributed by atoms with Crippen LogP contribution in [0.2, 0.25) is 5.02 Å². The third-order valence-electron chi connectivity index (χ3n) is 3.96. The lowest BCUT2D eigenvalue weighted by Gasteiger charge is -2.04. The van der Waals surface area contributed by atoms with Crippen LogP contribution in [-0.4, -0.2) is 21.2 Å². The van der Waals surface area contributed by atoms with Gasteiger partial charge in [0, 0.05) is 10.6 Å². The van der Waals surface area contributed by atoms with Crippen molar-refractivity contribution in [2.75, 3.05) is 6.61 Å². The van der Waals surface area contributed by atoms with E-state index in [1.54, 1.807) is 12.1 Å². The average Bonchev–Trinajstić information content (AvgIpc) is 3.22. The Morgan fingerprint density at radius 3 is 2.67 bits per heavy atom. The third-order valence-corrected chi connectivity index (χ3v) is 5.26. The second-order valence-corrected chi connectivity index (χ2v) is 7.36. The quantitative estimate of drug-likeness (QED) is 0.514.